The Morgan fingerprint density at radius 1 is 1.44 bits per heavy atom. The Kier molecular flexibility index (Phi) is 5.08. The zero-order valence-electron chi connectivity index (χ0n) is 14.1. The van der Waals surface area contributed by atoms with E-state index in [4.69, 9.17) is 16.3 Å². The van der Waals surface area contributed by atoms with Gasteiger partial charge in [0.2, 0.25) is 11.1 Å². The van der Waals surface area contributed by atoms with E-state index in [1.54, 1.807) is 0 Å². The van der Waals surface area contributed by atoms with Crippen molar-refractivity contribution in [2.24, 2.45) is 5.41 Å². The molecule has 0 aliphatic heterocycles. The van der Waals surface area contributed by atoms with E-state index in [0.29, 0.717) is 6.54 Å². The molecule has 0 bridgehead atoms. The van der Waals surface area contributed by atoms with E-state index in [9.17, 15) is 14.9 Å². The third kappa shape index (κ3) is 3.40. The molecule has 1 heterocycles. The Morgan fingerprint density at radius 2 is 2.12 bits per heavy atom. The fourth-order valence-corrected chi connectivity index (χ4v) is 3.98. The largest absolute Gasteiger partial charge is 0.469 e. The van der Waals surface area contributed by atoms with Crippen molar-refractivity contribution in [1.29, 1.82) is 0 Å². The highest BCUT2D eigenvalue weighted by Crippen LogP contribution is 2.45. The molecule has 0 N–H and O–H groups in total. The van der Waals surface area contributed by atoms with Crippen LogP contribution in [0.4, 0.5) is 11.5 Å². The number of hydrogen-bond acceptors (Lipinski definition) is 7. The number of aromatic nitrogens is 2. The van der Waals surface area contributed by atoms with Crippen LogP contribution < -0.4 is 4.90 Å². The maximum absolute atomic E-state index is 12.3. The molecule has 2 aliphatic rings. The van der Waals surface area contributed by atoms with Crippen LogP contribution in [0.2, 0.25) is 5.28 Å². The summed E-state index contributed by atoms with van der Waals surface area (Å²) in [5.41, 5.74) is -0.807. The predicted molar refractivity (Wildman–Crippen MR) is 91.6 cm³/mol. The van der Waals surface area contributed by atoms with Gasteiger partial charge in [-0.25, -0.2) is 4.98 Å². The van der Waals surface area contributed by atoms with Crippen molar-refractivity contribution in [2.75, 3.05) is 18.6 Å². The lowest BCUT2D eigenvalue weighted by Gasteiger charge is -2.44. The van der Waals surface area contributed by atoms with Gasteiger partial charge in [0, 0.05) is 12.6 Å². The van der Waals surface area contributed by atoms with E-state index in [1.807, 2.05) is 4.90 Å². The summed E-state index contributed by atoms with van der Waals surface area (Å²) in [7, 11) is 1.38. The van der Waals surface area contributed by atoms with Crippen LogP contribution in [0.1, 0.15) is 44.9 Å². The summed E-state index contributed by atoms with van der Waals surface area (Å²) in [6, 6.07) is 0.104. The Hall–Kier alpha value is -1.96. The molecular formula is C16H21ClN4O4. The van der Waals surface area contributed by atoms with Crippen molar-refractivity contribution in [1.82, 2.24) is 9.97 Å². The summed E-state index contributed by atoms with van der Waals surface area (Å²) in [4.78, 5) is 33.1. The second-order valence-corrected chi connectivity index (χ2v) is 7.13. The Labute approximate surface area is 150 Å². The Balaban J connectivity index is 2.00. The molecule has 3 rings (SSSR count). The number of rotatable bonds is 6. The number of esters is 1. The lowest BCUT2D eigenvalue weighted by Crippen LogP contribution is -2.51. The van der Waals surface area contributed by atoms with Gasteiger partial charge in [0.05, 0.1) is 17.4 Å². The molecule has 0 unspecified atom stereocenters. The minimum atomic E-state index is -0.622. The van der Waals surface area contributed by atoms with Crippen LogP contribution >= 0.6 is 11.6 Å². The fourth-order valence-electron chi connectivity index (χ4n) is 3.85. The summed E-state index contributed by atoms with van der Waals surface area (Å²) in [5, 5.41) is 11.4. The van der Waals surface area contributed by atoms with Crippen molar-refractivity contribution in [3.63, 3.8) is 0 Å². The Morgan fingerprint density at radius 3 is 2.64 bits per heavy atom. The maximum atomic E-state index is 12.3. The van der Waals surface area contributed by atoms with Gasteiger partial charge in [-0.1, -0.05) is 19.3 Å². The molecule has 0 saturated heterocycles. The molecule has 1 aromatic rings. The third-order valence-electron chi connectivity index (χ3n) is 5.36. The molecule has 2 aliphatic carbocycles. The summed E-state index contributed by atoms with van der Waals surface area (Å²) in [6.45, 7) is 0.360. The number of halogens is 1. The van der Waals surface area contributed by atoms with Crippen molar-refractivity contribution < 1.29 is 14.5 Å². The van der Waals surface area contributed by atoms with Gasteiger partial charge in [-0.15, -0.1) is 0 Å². The number of ether oxygens (including phenoxy) is 1. The van der Waals surface area contributed by atoms with E-state index in [0.717, 1.165) is 51.1 Å². The summed E-state index contributed by atoms with van der Waals surface area (Å²) >= 11 is 5.92. The number of carbonyl (C=O) groups excluding carboxylic acids is 1. The number of nitro groups is 1. The fraction of sp³-hybridized carbons (Fsp3) is 0.688. The van der Waals surface area contributed by atoms with Gasteiger partial charge in [0.25, 0.3) is 0 Å². The minimum Gasteiger partial charge on any atom is -0.469 e. The lowest BCUT2D eigenvalue weighted by molar-refractivity contribution is -0.384. The summed E-state index contributed by atoms with van der Waals surface area (Å²) in [6.07, 6.45) is 7.45. The van der Waals surface area contributed by atoms with Gasteiger partial charge < -0.3 is 9.64 Å². The first-order valence-electron chi connectivity index (χ1n) is 8.49. The summed E-state index contributed by atoms with van der Waals surface area (Å²) in [5.74, 6) is -0.0587. The van der Waals surface area contributed by atoms with Gasteiger partial charge in [0.15, 0.2) is 0 Å². The first-order valence-corrected chi connectivity index (χ1v) is 8.87. The van der Waals surface area contributed by atoms with Crippen LogP contribution in [0.25, 0.3) is 0 Å². The molecule has 25 heavy (non-hydrogen) atoms. The minimum absolute atomic E-state index is 0.0377. The highest BCUT2D eigenvalue weighted by Gasteiger charge is 2.48. The van der Waals surface area contributed by atoms with Crippen LogP contribution in [0.5, 0.6) is 0 Å². The smallest absolute Gasteiger partial charge is 0.329 e. The van der Waals surface area contributed by atoms with Crippen molar-refractivity contribution >= 4 is 29.1 Å². The second kappa shape index (κ2) is 7.11. The molecule has 2 saturated carbocycles. The predicted octanol–water partition coefficient (Wildman–Crippen LogP) is 3.13. The third-order valence-corrected chi connectivity index (χ3v) is 5.54. The molecular weight excluding hydrogens is 348 g/mol. The maximum Gasteiger partial charge on any atom is 0.329 e. The molecule has 1 aromatic heterocycles. The number of anilines is 1. The van der Waals surface area contributed by atoms with Crippen LogP contribution in [-0.4, -0.2) is 40.6 Å². The van der Waals surface area contributed by atoms with E-state index >= 15 is 0 Å². The van der Waals surface area contributed by atoms with Crippen LogP contribution in [0, 0.1) is 15.5 Å². The van der Waals surface area contributed by atoms with Crippen molar-refractivity contribution in [2.45, 2.75) is 51.0 Å². The van der Waals surface area contributed by atoms with Crippen LogP contribution in [-0.2, 0) is 9.53 Å². The van der Waals surface area contributed by atoms with Gasteiger partial charge in [-0.05, 0) is 37.3 Å². The summed E-state index contributed by atoms with van der Waals surface area (Å²) < 4.78 is 5.00. The topological polar surface area (TPSA) is 98.5 Å². The average molecular weight is 369 g/mol. The second-order valence-electron chi connectivity index (χ2n) is 6.80. The highest BCUT2D eigenvalue weighted by molar-refractivity contribution is 6.28. The monoisotopic (exact) mass is 368 g/mol. The number of hydrogen-bond donors (Lipinski definition) is 0. The van der Waals surface area contributed by atoms with Gasteiger partial charge in [-0.2, -0.15) is 4.98 Å². The average Bonchev–Trinajstić information content (AvgIpc) is 3.07. The normalized spacial score (nSPS) is 19.3. The quantitative estimate of drug-likeness (QED) is 0.329. The van der Waals surface area contributed by atoms with E-state index in [2.05, 4.69) is 9.97 Å². The van der Waals surface area contributed by atoms with Gasteiger partial charge >= 0.3 is 11.7 Å². The van der Waals surface area contributed by atoms with E-state index in [-0.39, 0.29) is 28.8 Å². The van der Waals surface area contributed by atoms with Crippen LogP contribution in [0.3, 0.4) is 0 Å². The molecule has 8 nitrogen and oxygen atoms in total. The first kappa shape index (κ1) is 17.8. The van der Waals surface area contributed by atoms with Gasteiger partial charge in [0.1, 0.15) is 6.20 Å². The zero-order valence-corrected chi connectivity index (χ0v) is 14.9. The van der Waals surface area contributed by atoms with E-state index in [1.165, 1.54) is 7.11 Å². The molecule has 0 spiro atoms. The van der Waals surface area contributed by atoms with Gasteiger partial charge in [-0.3, -0.25) is 14.9 Å². The number of methoxy groups -OCH3 is 1. The SMILES string of the molecule is COC(=O)C1(CN(c2nc(Cl)ncc2[N+](=O)[O-])C2CCCC2)CCC1. The highest BCUT2D eigenvalue weighted by atomic mass is 35.5. The molecule has 9 heteroatoms. The van der Waals surface area contributed by atoms with E-state index < -0.39 is 10.3 Å². The molecule has 0 aromatic carbocycles. The van der Waals surface area contributed by atoms with Crippen LogP contribution in [0.15, 0.2) is 6.20 Å². The molecule has 0 atom stereocenters. The van der Waals surface area contributed by atoms with Crippen molar-refractivity contribution in [3.8, 4) is 0 Å². The lowest BCUT2D eigenvalue weighted by atomic mass is 9.68. The molecule has 136 valence electrons. The standard InChI is InChI=1S/C16H21ClN4O4/c1-25-14(22)16(7-4-8-16)10-20(11-5-2-3-6-11)13-12(21(23)24)9-18-15(17)19-13/h9,11H,2-8,10H2,1H3. The van der Waals surface area contributed by atoms with Crippen molar-refractivity contribution in [3.05, 3.63) is 21.6 Å². The molecule has 0 amide bonds. The number of nitrogens with zero attached hydrogens (tertiary/aromatic N) is 4. The Bertz CT molecular complexity index is 674. The number of carbonyl (C=O) groups is 1. The molecule has 0 radical (unpaired) electrons. The zero-order chi connectivity index (χ0) is 18.0. The molecule has 2 fully saturated rings. The first-order chi connectivity index (χ1) is 12.0.